The number of likely N-dealkylation sites (N-methyl/N-ethyl adjacent to an activating group) is 2. The summed E-state index contributed by atoms with van der Waals surface area (Å²) in [6.45, 7) is 5.94. The molecule has 4 heteroatoms. The van der Waals surface area contributed by atoms with Gasteiger partial charge in [-0.15, -0.1) is 0 Å². The Bertz CT molecular complexity index is 585. The van der Waals surface area contributed by atoms with Gasteiger partial charge in [0, 0.05) is 0 Å². The summed E-state index contributed by atoms with van der Waals surface area (Å²) in [6, 6.07) is 0. The number of unbranched alkanes of at least 4 members (excludes halogenated alkanes) is 20. The van der Waals surface area contributed by atoms with Crippen molar-refractivity contribution in [1.29, 1.82) is 0 Å². The Hall–Kier alpha value is -1.00. The molecule has 0 aliphatic carbocycles. The molecule has 0 aliphatic rings. The summed E-state index contributed by atoms with van der Waals surface area (Å²) in [5.41, 5.74) is 0. The third kappa shape index (κ3) is 22.7. The Morgan fingerprint density at radius 3 is 0.875 bits per heavy atom. The fourth-order valence-electron chi connectivity index (χ4n) is 5.37. The van der Waals surface area contributed by atoms with Crippen molar-refractivity contribution in [2.24, 2.45) is 0 Å². The van der Waals surface area contributed by atoms with Crippen molar-refractivity contribution in [3.8, 4) is 0 Å². The molecule has 236 valence electrons. The molecule has 0 rings (SSSR count). The predicted octanol–water partition coefficient (Wildman–Crippen LogP) is 10.2. The average molecular weight is 565 g/mol. The van der Waals surface area contributed by atoms with Gasteiger partial charge in [-0.3, -0.25) is 8.97 Å². The van der Waals surface area contributed by atoms with Gasteiger partial charge in [0.25, 0.3) is 0 Å². The van der Waals surface area contributed by atoms with Crippen LogP contribution in [-0.2, 0) is 9.59 Å². The Kier molecular flexibility index (Phi) is 25.0. The van der Waals surface area contributed by atoms with Crippen LogP contribution in [0.1, 0.15) is 168 Å². The van der Waals surface area contributed by atoms with E-state index in [-0.39, 0.29) is 0 Å². The van der Waals surface area contributed by atoms with Gasteiger partial charge in [-0.25, -0.2) is 9.59 Å². The molecule has 0 aromatic carbocycles. The second-order valence-corrected chi connectivity index (χ2v) is 13.6. The van der Waals surface area contributed by atoms with Gasteiger partial charge in [0.2, 0.25) is 0 Å². The van der Waals surface area contributed by atoms with E-state index in [0.29, 0.717) is 46.7 Å². The SMILES string of the molecule is CCCCCCCCCCCCCC(=O)[N+](C)(C)C/C=C/C[N+](C)(C)C(=O)CCCCCCCCCCCCC. The van der Waals surface area contributed by atoms with Crippen LogP contribution in [-0.4, -0.2) is 62.1 Å². The highest BCUT2D eigenvalue weighted by molar-refractivity contribution is 5.69. The number of rotatable bonds is 28. The van der Waals surface area contributed by atoms with Crippen molar-refractivity contribution in [1.82, 2.24) is 0 Å². The summed E-state index contributed by atoms with van der Waals surface area (Å²) in [4.78, 5) is 25.6. The maximum atomic E-state index is 12.8. The fraction of sp³-hybridized carbons (Fsp3) is 0.889. The maximum Gasteiger partial charge on any atom is 0.313 e. The maximum absolute atomic E-state index is 12.8. The van der Waals surface area contributed by atoms with Crippen LogP contribution in [0.15, 0.2) is 12.2 Å². The van der Waals surface area contributed by atoms with E-state index in [9.17, 15) is 9.59 Å². The van der Waals surface area contributed by atoms with E-state index in [1.165, 1.54) is 128 Å². The average Bonchev–Trinajstić information content (AvgIpc) is 2.92. The minimum Gasteiger partial charge on any atom is -0.262 e. The molecular formula is C36H72N2O2+2. The number of carbonyl (C=O) groups excluding carboxylic acids is 2. The molecular weight excluding hydrogens is 492 g/mol. The number of hydrogen-bond acceptors (Lipinski definition) is 2. The summed E-state index contributed by atoms with van der Waals surface area (Å²) in [7, 11) is 8.07. The molecule has 0 aliphatic heterocycles. The molecule has 0 N–H and O–H groups in total. The van der Waals surface area contributed by atoms with Crippen molar-refractivity contribution in [2.75, 3.05) is 41.3 Å². The molecule has 0 atom stereocenters. The van der Waals surface area contributed by atoms with E-state index < -0.39 is 0 Å². The van der Waals surface area contributed by atoms with E-state index in [1.54, 1.807) is 0 Å². The molecule has 0 radical (unpaired) electrons. The summed E-state index contributed by atoms with van der Waals surface area (Å²) < 4.78 is 0.794. The normalized spacial score (nSPS) is 12.4. The van der Waals surface area contributed by atoms with Crippen LogP contribution in [0.5, 0.6) is 0 Å². The molecule has 0 heterocycles. The molecule has 0 aromatic rings. The molecule has 0 aromatic heterocycles. The molecule has 0 saturated heterocycles. The molecule has 4 nitrogen and oxygen atoms in total. The number of quaternary nitrogens is 2. The lowest BCUT2D eigenvalue weighted by Gasteiger charge is -2.27. The quantitative estimate of drug-likeness (QED) is 0.0538. The first kappa shape index (κ1) is 39.0. The van der Waals surface area contributed by atoms with Crippen LogP contribution >= 0.6 is 0 Å². The van der Waals surface area contributed by atoms with Crippen LogP contribution in [0, 0.1) is 0 Å². The Balaban J connectivity index is 3.93. The Morgan fingerprint density at radius 2 is 0.625 bits per heavy atom. The van der Waals surface area contributed by atoms with Crippen molar-refractivity contribution in [3.05, 3.63) is 12.2 Å². The van der Waals surface area contributed by atoms with E-state index in [1.807, 2.05) is 28.2 Å². The highest BCUT2D eigenvalue weighted by Crippen LogP contribution is 2.15. The van der Waals surface area contributed by atoms with Gasteiger partial charge < -0.3 is 0 Å². The lowest BCUT2D eigenvalue weighted by Crippen LogP contribution is -2.46. The molecule has 40 heavy (non-hydrogen) atoms. The number of amides is 2. The van der Waals surface area contributed by atoms with Crippen LogP contribution in [0.4, 0.5) is 0 Å². The van der Waals surface area contributed by atoms with Crippen molar-refractivity contribution >= 4 is 11.8 Å². The minimum atomic E-state index is 0.321. The standard InChI is InChI=1S/C36H72N2O2/c1-7-9-11-13-15-17-19-21-23-25-27-31-35(39)37(3,4)33-29-30-34-38(5,6)36(40)32-28-26-24-22-20-18-16-14-12-10-8-2/h29-30H,7-28,31-34H2,1-6H3/q+2/b30-29+. The predicted molar refractivity (Wildman–Crippen MR) is 175 cm³/mol. The van der Waals surface area contributed by atoms with Gasteiger partial charge in [-0.1, -0.05) is 142 Å². The number of nitrogens with zero attached hydrogens (tertiary/aromatic N) is 2. The van der Waals surface area contributed by atoms with Gasteiger partial charge >= 0.3 is 11.8 Å². The van der Waals surface area contributed by atoms with Gasteiger partial charge in [-0.2, -0.15) is 0 Å². The topological polar surface area (TPSA) is 34.1 Å². The number of carbonyl (C=O) groups is 2. The lowest BCUT2D eigenvalue weighted by atomic mass is 10.0. The third-order valence-corrected chi connectivity index (χ3v) is 8.63. The zero-order chi connectivity index (χ0) is 30.0. The van der Waals surface area contributed by atoms with E-state index in [2.05, 4.69) is 26.0 Å². The highest BCUT2D eigenvalue weighted by atomic mass is 16.2. The summed E-state index contributed by atoms with van der Waals surface area (Å²) in [5.74, 6) is 0.642. The molecule has 0 bridgehead atoms. The van der Waals surface area contributed by atoms with Gasteiger partial charge in [-0.05, 0) is 25.0 Å². The summed E-state index contributed by atoms with van der Waals surface area (Å²) in [6.07, 6.45) is 34.3. The van der Waals surface area contributed by atoms with Gasteiger partial charge in [0.15, 0.2) is 0 Å². The van der Waals surface area contributed by atoms with Crippen LogP contribution in [0.25, 0.3) is 0 Å². The first-order valence-electron chi connectivity index (χ1n) is 17.5. The monoisotopic (exact) mass is 565 g/mol. The highest BCUT2D eigenvalue weighted by Gasteiger charge is 2.26. The van der Waals surface area contributed by atoms with Crippen molar-refractivity contribution in [2.45, 2.75) is 168 Å². The molecule has 0 unspecified atom stereocenters. The first-order valence-corrected chi connectivity index (χ1v) is 17.5. The second kappa shape index (κ2) is 25.7. The lowest BCUT2D eigenvalue weighted by molar-refractivity contribution is -0.810. The third-order valence-electron chi connectivity index (χ3n) is 8.63. The smallest absolute Gasteiger partial charge is 0.262 e. The number of hydrogen-bond donors (Lipinski definition) is 0. The summed E-state index contributed by atoms with van der Waals surface area (Å²) in [5, 5.41) is 0. The van der Waals surface area contributed by atoms with Crippen molar-refractivity contribution < 1.29 is 18.6 Å². The Labute approximate surface area is 251 Å². The first-order chi connectivity index (χ1) is 19.2. The Morgan fingerprint density at radius 1 is 0.400 bits per heavy atom. The zero-order valence-corrected chi connectivity index (χ0v) is 28.3. The largest absolute Gasteiger partial charge is 0.313 e. The minimum absolute atomic E-state index is 0.321. The second-order valence-electron chi connectivity index (χ2n) is 13.6. The van der Waals surface area contributed by atoms with Crippen LogP contribution in [0.3, 0.4) is 0 Å². The van der Waals surface area contributed by atoms with E-state index in [0.717, 1.165) is 12.8 Å². The molecule has 0 saturated carbocycles. The van der Waals surface area contributed by atoms with E-state index >= 15 is 0 Å². The van der Waals surface area contributed by atoms with Crippen LogP contribution in [0.2, 0.25) is 0 Å². The molecule has 0 fully saturated rings. The molecule has 0 spiro atoms. The fourth-order valence-corrected chi connectivity index (χ4v) is 5.37. The summed E-state index contributed by atoms with van der Waals surface area (Å²) >= 11 is 0. The van der Waals surface area contributed by atoms with Crippen LogP contribution < -0.4 is 0 Å². The van der Waals surface area contributed by atoms with Gasteiger partial charge in [0.05, 0.1) is 41.0 Å². The van der Waals surface area contributed by atoms with Crippen molar-refractivity contribution in [3.63, 3.8) is 0 Å². The zero-order valence-electron chi connectivity index (χ0n) is 28.3. The molecule has 2 amide bonds. The van der Waals surface area contributed by atoms with E-state index in [4.69, 9.17) is 0 Å². The van der Waals surface area contributed by atoms with Gasteiger partial charge in [0.1, 0.15) is 13.1 Å².